The van der Waals surface area contributed by atoms with Crippen molar-refractivity contribution < 1.29 is 26.3 Å². The van der Waals surface area contributed by atoms with Crippen molar-refractivity contribution in [2.75, 3.05) is 0 Å². The van der Waals surface area contributed by atoms with Crippen molar-refractivity contribution in [3.63, 3.8) is 0 Å². The smallest absolute Gasteiger partial charge is 0.192 e. The molecule has 0 aromatic heterocycles. The van der Waals surface area contributed by atoms with E-state index in [1.54, 1.807) is 24.3 Å². The highest BCUT2D eigenvalue weighted by molar-refractivity contribution is 6.31. The number of hydrogen-bond donors (Lipinski definition) is 0. The van der Waals surface area contributed by atoms with Crippen LogP contribution in [-0.4, -0.2) is 0 Å². The molecule has 0 saturated heterocycles. The van der Waals surface area contributed by atoms with Crippen LogP contribution in [-0.2, 0) is 12.4 Å². The van der Waals surface area contributed by atoms with E-state index in [0.717, 1.165) is 48.5 Å². The molecule has 0 aliphatic heterocycles. The third-order valence-electron chi connectivity index (χ3n) is 7.65. The first-order valence-electron chi connectivity index (χ1n) is 13.2. The molecule has 2 aliphatic rings. The minimum absolute atomic E-state index is 0.0233. The monoisotopic (exact) mass is 641 g/mol. The summed E-state index contributed by atoms with van der Waals surface area (Å²) in [6.45, 7) is 0. The van der Waals surface area contributed by atoms with E-state index in [1.807, 2.05) is 18.2 Å². The molecule has 0 amide bonds. The molecular weight excluding hydrogens is 632 g/mol. The van der Waals surface area contributed by atoms with E-state index in [2.05, 4.69) is 0 Å². The van der Waals surface area contributed by atoms with Gasteiger partial charge in [0.15, 0.2) is 0 Å². The predicted octanol–water partition coefficient (Wildman–Crippen LogP) is 8.09. The van der Waals surface area contributed by atoms with Gasteiger partial charge in [-0.2, -0.15) is 63.2 Å². The van der Waals surface area contributed by atoms with Gasteiger partial charge >= 0.3 is 12.4 Å². The summed E-state index contributed by atoms with van der Waals surface area (Å²) in [6, 6.07) is 20.7. The molecule has 2 aliphatic carbocycles. The zero-order valence-corrected chi connectivity index (χ0v) is 23.6. The Bertz CT molecular complexity index is 2370. The average Bonchev–Trinajstić information content (AvgIpc) is 3.57. The molecule has 5 rings (SSSR count). The molecule has 0 fully saturated rings. The van der Waals surface area contributed by atoms with Gasteiger partial charge in [-0.15, -0.1) is 0 Å². The highest BCUT2D eigenvalue weighted by atomic mass is 19.4. The van der Waals surface area contributed by atoms with E-state index in [0.29, 0.717) is 0 Å². The summed E-state index contributed by atoms with van der Waals surface area (Å²) in [5, 5.41) is 70.8. The number of rotatable bonds is 2. The van der Waals surface area contributed by atoms with Crippen molar-refractivity contribution in [3.8, 4) is 42.5 Å². The van der Waals surface area contributed by atoms with Crippen LogP contribution >= 0.6 is 0 Å². The maximum Gasteiger partial charge on any atom is 0.416 e. The van der Waals surface area contributed by atoms with Gasteiger partial charge in [0.1, 0.15) is 53.6 Å². The molecule has 0 bridgehead atoms. The van der Waals surface area contributed by atoms with E-state index in [-0.39, 0.29) is 72.4 Å². The van der Waals surface area contributed by atoms with Crippen LogP contribution in [0.1, 0.15) is 50.1 Å². The van der Waals surface area contributed by atoms with Gasteiger partial charge in [-0.25, -0.2) is 0 Å². The average molecular weight is 641 g/mol. The van der Waals surface area contributed by atoms with Crippen LogP contribution in [0.3, 0.4) is 0 Å². The van der Waals surface area contributed by atoms with Gasteiger partial charge in [0.05, 0.1) is 27.8 Å². The van der Waals surface area contributed by atoms with E-state index in [4.69, 9.17) is 0 Å². The highest BCUT2D eigenvalue weighted by Gasteiger charge is 2.41. The zero-order valence-electron chi connectivity index (χ0n) is 23.6. The van der Waals surface area contributed by atoms with E-state index >= 15 is 0 Å². The summed E-state index contributed by atoms with van der Waals surface area (Å²) >= 11 is 0. The molecule has 13 heteroatoms. The first-order valence-corrected chi connectivity index (χ1v) is 13.2. The second kappa shape index (κ2) is 11.5. The van der Waals surface area contributed by atoms with Crippen LogP contribution in [0.4, 0.5) is 26.3 Å². The fourth-order valence-corrected chi connectivity index (χ4v) is 5.72. The minimum Gasteiger partial charge on any atom is -0.192 e. The van der Waals surface area contributed by atoms with Crippen molar-refractivity contribution in [2.45, 2.75) is 12.4 Å². The Morgan fingerprint density at radius 2 is 0.896 bits per heavy atom. The Morgan fingerprint density at radius 3 is 1.27 bits per heavy atom. The third-order valence-corrected chi connectivity index (χ3v) is 7.65. The molecule has 0 atom stereocenters. The topological polar surface area (TPSA) is 167 Å². The lowest BCUT2D eigenvalue weighted by molar-refractivity contribution is -0.138. The van der Waals surface area contributed by atoms with Crippen molar-refractivity contribution >= 4 is 33.4 Å². The number of alkyl halides is 6. The normalized spacial score (nSPS) is 13.2. The number of allylic oxidation sites excluding steroid dienone is 8. The Labute approximate surface area is 267 Å². The number of fused-ring (bicyclic) bond motifs is 2. The van der Waals surface area contributed by atoms with Crippen molar-refractivity contribution in [1.82, 2.24) is 0 Å². The molecule has 3 aromatic carbocycles. The Balaban J connectivity index is 1.94. The summed E-state index contributed by atoms with van der Waals surface area (Å²) in [7, 11) is 0. The fraction of sp³-hybridized carbons (Fsp3) is 0.0571. The maximum atomic E-state index is 13.3. The van der Waals surface area contributed by atoms with Crippen LogP contribution in [0, 0.1) is 79.3 Å². The Morgan fingerprint density at radius 1 is 0.479 bits per heavy atom. The summed E-state index contributed by atoms with van der Waals surface area (Å²) in [5.74, 6) is 0. The Kier molecular flexibility index (Phi) is 7.69. The van der Waals surface area contributed by atoms with Gasteiger partial charge in [0, 0.05) is 39.0 Å². The number of benzene rings is 3. The lowest BCUT2D eigenvalue weighted by atomic mass is 9.86. The zero-order chi connectivity index (χ0) is 35.1. The quantitative estimate of drug-likeness (QED) is 0.201. The number of nitrogens with zero attached hydrogens (tertiary/aromatic N) is 7. The molecule has 0 heterocycles. The second-order valence-electron chi connectivity index (χ2n) is 10.0. The minimum atomic E-state index is -4.71. The lowest BCUT2D eigenvalue weighted by Gasteiger charge is -2.14. The highest BCUT2D eigenvalue weighted by Crippen LogP contribution is 2.56. The van der Waals surface area contributed by atoms with Crippen LogP contribution in [0.5, 0.6) is 0 Å². The largest absolute Gasteiger partial charge is 0.416 e. The molecule has 0 radical (unpaired) electrons. The summed E-state index contributed by atoms with van der Waals surface area (Å²) in [6.07, 6.45) is -9.43. The molecule has 7 nitrogen and oxygen atoms in total. The second-order valence-corrected chi connectivity index (χ2v) is 10.0. The lowest BCUT2D eigenvalue weighted by Crippen LogP contribution is -2.04. The van der Waals surface area contributed by atoms with Crippen molar-refractivity contribution in [3.05, 3.63) is 116 Å². The molecular formula is C35H9F6N7. The van der Waals surface area contributed by atoms with E-state index in [1.165, 1.54) is 6.07 Å². The van der Waals surface area contributed by atoms with Gasteiger partial charge in [-0.3, -0.25) is 0 Å². The maximum absolute atomic E-state index is 13.3. The SMILES string of the molecule is N#CC(C#N)=C1C(c2ccc(C(F)(F)F)cc2)=C(C#N)c2c1cc1c(c2C#N)C(=C(C#N)C#N)C(c2ccc(C(F)(F)F)cc2)=C1C#N. The molecule has 0 spiro atoms. The molecule has 48 heavy (non-hydrogen) atoms. The summed E-state index contributed by atoms with van der Waals surface area (Å²) < 4.78 is 80.0. The van der Waals surface area contributed by atoms with Gasteiger partial charge < -0.3 is 0 Å². The molecule has 0 N–H and O–H groups in total. The molecule has 226 valence electrons. The van der Waals surface area contributed by atoms with Crippen LogP contribution in [0.25, 0.3) is 33.4 Å². The number of halogens is 6. The standard InChI is InChI=1S/C35H9F6N7/c36-34(37,38)21-5-1-17(2-6-21)28-25(14-46)23-9-24-30(19(10-42)11-43)29(18-3-7-22(8-4-18)35(39,40)41)26(15-47)32(24)27(16-48)33(23)31(28)20(12-44)13-45/h1-9H. The van der Waals surface area contributed by atoms with Crippen LogP contribution in [0.15, 0.2) is 65.7 Å². The van der Waals surface area contributed by atoms with Gasteiger partial charge in [0.25, 0.3) is 0 Å². The first kappa shape index (κ1) is 32.0. The number of nitriles is 7. The Hall–Kier alpha value is -7.37. The molecule has 3 aromatic rings. The van der Waals surface area contributed by atoms with Gasteiger partial charge in [-0.1, -0.05) is 24.3 Å². The van der Waals surface area contributed by atoms with Crippen molar-refractivity contribution in [1.29, 1.82) is 36.8 Å². The van der Waals surface area contributed by atoms with Gasteiger partial charge in [-0.05, 0) is 47.0 Å². The molecule has 0 saturated carbocycles. The van der Waals surface area contributed by atoms with Gasteiger partial charge in [0.2, 0.25) is 0 Å². The first-order chi connectivity index (χ1) is 22.8. The van der Waals surface area contributed by atoms with Crippen molar-refractivity contribution in [2.24, 2.45) is 0 Å². The summed E-state index contributed by atoms with van der Waals surface area (Å²) in [4.78, 5) is 0. The van der Waals surface area contributed by atoms with E-state index in [9.17, 15) is 63.2 Å². The van der Waals surface area contributed by atoms with E-state index < -0.39 is 34.6 Å². The fourth-order valence-electron chi connectivity index (χ4n) is 5.72. The summed E-state index contributed by atoms with van der Waals surface area (Å²) in [5.41, 5.74) is -5.70. The third kappa shape index (κ3) is 4.81. The van der Waals surface area contributed by atoms with Crippen LogP contribution < -0.4 is 0 Å². The number of hydrogen-bond acceptors (Lipinski definition) is 7. The predicted molar refractivity (Wildman–Crippen MR) is 155 cm³/mol. The van der Waals surface area contributed by atoms with Crippen LogP contribution in [0.2, 0.25) is 0 Å². The molecule has 0 unspecified atom stereocenters.